The predicted molar refractivity (Wildman–Crippen MR) is 73.3 cm³/mol. The number of hydrogen-bond acceptors (Lipinski definition) is 3. The van der Waals surface area contributed by atoms with Gasteiger partial charge in [0.05, 0.1) is 11.0 Å². The van der Waals surface area contributed by atoms with E-state index in [9.17, 15) is 5.11 Å². The van der Waals surface area contributed by atoms with Crippen LogP contribution in [0.4, 0.5) is 0 Å². The topological polar surface area (TPSA) is 58.1 Å². The molecule has 0 saturated heterocycles. The molecular formula is C15H14N2O2. The predicted octanol–water partition coefficient (Wildman–Crippen LogP) is 3.16. The van der Waals surface area contributed by atoms with Crippen LogP contribution in [-0.4, -0.2) is 15.1 Å². The lowest BCUT2D eigenvalue weighted by molar-refractivity contribution is 0.296. The summed E-state index contributed by atoms with van der Waals surface area (Å²) in [6.45, 7) is 2.39. The first-order chi connectivity index (χ1) is 9.20. The van der Waals surface area contributed by atoms with Crippen LogP contribution < -0.4 is 4.74 Å². The molecule has 2 aromatic carbocycles. The number of H-pyrrole nitrogens is 1. The van der Waals surface area contributed by atoms with Gasteiger partial charge in [0.2, 0.25) is 0 Å². The molecule has 0 aliphatic heterocycles. The van der Waals surface area contributed by atoms with Crippen molar-refractivity contribution < 1.29 is 9.84 Å². The molecule has 2 N–H and O–H groups in total. The van der Waals surface area contributed by atoms with Gasteiger partial charge in [-0.3, -0.25) is 0 Å². The Labute approximate surface area is 110 Å². The Kier molecular flexibility index (Phi) is 2.83. The van der Waals surface area contributed by atoms with Crippen molar-refractivity contribution in [2.75, 3.05) is 0 Å². The summed E-state index contributed by atoms with van der Waals surface area (Å²) < 4.78 is 5.58. The molecular weight excluding hydrogens is 240 g/mol. The minimum Gasteiger partial charge on any atom is -0.508 e. The third-order valence-electron chi connectivity index (χ3n) is 2.88. The molecule has 0 fully saturated rings. The largest absolute Gasteiger partial charge is 0.508 e. The third-order valence-corrected chi connectivity index (χ3v) is 2.88. The number of rotatable bonds is 3. The number of benzene rings is 2. The zero-order chi connectivity index (χ0) is 13.2. The van der Waals surface area contributed by atoms with Crippen LogP contribution in [0.3, 0.4) is 0 Å². The smallest absolute Gasteiger partial charge is 0.146 e. The summed E-state index contributed by atoms with van der Waals surface area (Å²) in [5.74, 6) is 1.58. The van der Waals surface area contributed by atoms with Gasteiger partial charge in [-0.1, -0.05) is 12.1 Å². The summed E-state index contributed by atoms with van der Waals surface area (Å²) in [6, 6.07) is 12.8. The molecule has 1 heterocycles. The second-order valence-corrected chi connectivity index (χ2v) is 4.49. The lowest BCUT2D eigenvalue weighted by atomic mass is 10.2. The summed E-state index contributed by atoms with van der Waals surface area (Å²) in [7, 11) is 0. The third kappa shape index (κ3) is 2.52. The minimum atomic E-state index is 0.192. The van der Waals surface area contributed by atoms with Gasteiger partial charge in [-0.2, -0.15) is 0 Å². The number of nitrogens with zero attached hydrogens (tertiary/aromatic N) is 1. The lowest BCUT2D eigenvalue weighted by Gasteiger charge is -2.03. The molecule has 96 valence electrons. The molecule has 0 spiro atoms. The SMILES string of the molecule is Cc1ccc2nc(COc3cccc(O)c3)[nH]c2c1. The number of aromatic amines is 1. The van der Waals surface area contributed by atoms with Gasteiger partial charge in [0.1, 0.15) is 23.9 Å². The fourth-order valence-electron chi connectivity index (χ4n) is 1.97. The summed E-state index contributed by atoms with van der Waals surface area (Å²) in [5, 5.41) is 9.35. The van der Waals surface area contributed by atoms with Crippen LogP contribution in [0, 0.1) is 6.92 Å². The molecule has 0 bridgehead atoms. The number of aromatic hydroxyl groups is 1. The number of ether oxygens (including phenoxy) is 1. The van der Waals surface area contributed by atoms with E-state index in [1.165, 1.54) is 5.56 Å². The van der Waals surface area contributed by atoms with E-state index in [0.717, 1.165) is 16.9 Å². The Bertz CT molecular complexity index is 719. The second-order valence-electron chi connectivity index (χ2n) is 4.49. The van der Waals surface area contributed by atoms with E-state index in [1.807, 2.05) is 19.1 Å². The van der Waals surface area contributed by atoms with E-state index >= 15 is 0 Å². The number of fused-ring (bicyclic) bond motifs is 1. The summed E-state index contributed by atoms with van der Waals surface area (Å²) in [5.41, 5.74) is 3.13. The molecule has 3 rings (SSSR count). The van der Waals surface area contributed by atoms with Crippen molar-refractivity contribution in [2.24, 2.45) is 0 Å². The Morgan fingerprint density at radius 1 is 1.21 bits per heavy atom. The van der Waals surface area contributed by atoms with Gasteiger partial charge in [0.25, 0.3) is 0 Å². The van der Waals surface area contributed by atoms with Crippen LogP contribution in [0.1, 0.15) is 11.4 Å². The maximum atomic E-state index is 9.35. The Morgan fingerprint density at radius 2 is 2.11 bits per heavy atom. The zero-order valence-electron chi connectivity index (χ0n) is 10.6. The Hall–Kier alpha value is -2.49. The van der Waals surface area contributed by atoms with Crippen LogP contribution in [0.15, 0.2) is 42.5 Å². The zero-order valence-corrected chi connectivity index (χ0v) is 10.6. The number of nitrogens with one attached hydrogen (secondary N) is 1. The molecule has 0 aliphatic carbocycles. The molecule has 4 heteroatoms. The monoisotopic (exact) mass is 254 g/mol. The van der Waals surface area contributed by atoms with Gasteiger partial charge in [-0.25, -0.2) is 4.98 Å². The van der Waals surface area contributed by atoms with Crippen molar-refractivity contribution in [1.82, 2.24) is 9.97 Å². The maximum Gasteiger partial charge on any atom is 0.146 e. The highest BCUT2D eigenvalue weighted by atomic mass is 16.5. The van der Waals surface area contributed by atoms with Crippen LogP contribution in [0.5, 0.6) is 11.5 Å². The number of hydrogen-bond donors (Lipinski definition) is 2. The molecule has 0 aliphatic rings. The lowest BCUT2D eigenvalue weighted by Crippen LogP contribution is -1.97. The van der Waals surface area contributed by atoms with Crippen molar-refractivity contribution in [3.63, 3.8) is 0 Å². The van der Waals surface area contributed by atoms with E-state index in [0.29, 0.717) is 12.4 Å². The normalized spacial score (nSPS) is 10.8. The van der Waals surface area contributed by atoms with Crippen LogP contribution >= 0.6 is 0 Å². The maximum absolute atomic E-state index is 9.35. The quantitative estimate of drug-likeness (QED) is 0.754. The minimum absolute atomic E-state index is 0.192. The molecule has 1 aromatic heterocycles. The fourth-order valence-corrected chi connectivity index (χ4v) is 1.97. The van der Waals surface area contributed by atoms with Gasteiger partial charge in [-0.15, -0.1) is 0 Å². The van der Waals surface area contributed by atoms with Gasteiger partial charge < -0.3 is 14.8 Å². The molecule has 0 amide bonds. The van der Waals surface area contributed by atoms with Crippen LogP contribution in [0.2, 0.25) is 0 Å². The summed E-state index contributed by atoms with van der Waals surface area (Å²) >= 11 is 0. The number of imidazole rings is 1. The van der Waals surface area contributed by atoms with Crippen molar-refractivity contribution >= 4 is 11.0 Å². The average molecular weight is 254 g/mol. The first kappa shape index (κ1) is 11.6. The molecule has 4 nitrogen and oxygen atoms in total. The highest BCUT2D eigenvalue weighted by Crippen LogP contribution is 2.19. The van der Waals surface area contributed by atoms with E-state index in [1.54, 1.807) is 24.3 Å². The van der Waals surface area contributed by atoms with Gasteiger partial charge in [-0.05, 0) is 36.8 Å². The summed E-state index contributed by atoms with van der Waals surface area (Å²) in [4.78, 5) is 7.67. The second kappa shape index (κ2) is 4.65. The number of aromatic nitrogens is 2. The highest BCUT2D eigenvalue weighted by molar-refractivity contribution is 5.75. The van der Waals surface area contributed by atoms with Crippen molar-refractivity contribution in [3.8, 4) is 11.5 Å². The van der Waals surface area contributed by atoms with Gasteiger partial charge >= 0.3 is 0 Å². The van der Waals surface area contributed by atoms with E-state index in [2.05, 4.69) is 16.0 Å². The summed E-state index contributed by atoms with van der Waals surface area (Å²) in [6.07, 6.45) is 0. The number of aryl methyl sites for hydroxylation is 1. The van der Waals surface area contributed by atoms with Crippen LogP contribution in [-0.2, 0) is 6.61 Å². The van der Waals surface area contributed by atoms with Crippen molar-refractivity contribution in [3.05, 3.63) is 53.9 Å². The standard InChI is InChI=1S/C15H14N2O2/c1-10-5-6-13-14(7-10)17-15(16-13)9-19-12-4-2-3-11(18)8-12/h2-8,18H,9H2,1H3,(H,16,17). The molecule has 0 atom stereocenters. The van der Waals surface area contributed by atoms with Gasteiger partial charge in [0.15, 0.2) is 0 Å². The van der Waals surface area contributed by atoms with E-state index < -0.39 is 0 Å². The molecule has 0 saturated carbocycles. The Balaban J connectivity index is 1.78. The van der Waals surface area contributed by atoms with Crippen molar-refractivity contribution in [1.29, 1.82) is 0 Å². The molecule has 0 radical (unpaired) electrons. The van der Waals surface area contributed by atoms with Gasteiger partial charge in [0, 0.05) is 6.07 Å². The molecule has 3 aromatic rings. The van der Waals surface area contributed by atoms with E-state index in [-0.39, 0.29) is 5.75 Å². The highest BCUT2D eigenvalue weighted by Gasteiger charge is 2.04. The Morgan fingerprint density at radius 3 is 2.95 bits per heavy atom. The average Bonchev–Trinajstić information content (AvgIpc) is 2.78. The van der Waals surface area contributed by atoms with Crippen molar-refractivity contribution in [2.45, 2.75) is 13.5 Å². The number of phenols is 1. The first-order valence-electron chi connectivity index (χ1n) is 6.08. The number of phenolic OH excluding ortho intramolecular Hbond substituents is 1. The van der Waals surface area contributed by atoms with E-state index in [4.69, 9.17) is 4.74 Å². The van der Waals surface area contributed by atoms with Crippen LogP contribution in [0.25, 0.3) is 11.0 Å². The molecule has 0 unspecified atom stereocenters. The fraction of sp³-hybridized carbons (Fsp3) is 0.133. The molecule has 19 heavy (non-hydrogen) atoms. The first-order valence-corrected chi connectivity index (χ1v) is 6.08.